The number of rotatable bonds is 4. The summed E-state index contributed by atoms with van der Waals surface area (Å²) in [4.78, 5) is 12.7. The van der Waals surface area contributed by atoms with E-state index in [1.165, 1.54) is 9.36 Å². The number of hydrogen-bond donors (Lipinski definition) is 1. The zero-order valence-electron chi connectivity index (χ0n) is 14.2. The predicted molar refractivity (Wildman–Crippen MR) is 97.7 cm³/mol. The molecule has 0 fully saturated rings. The molecule has 0 aliphatic rings. The van der Waals surface area contributed by atoms with E-state index in [1.54, 1.807) is 50.4 Å². The highest BCUT2D eigenvalue weighted by atomic mass is 32.2. The number of para-hydroxylation sites is 1. The van der Waals surface area contributed by atoms with Crippen LogP contribution < -0.4 is 10.3 Å². The third kappa shape index (κ3) is 3.10. The zero-order chi connectivity index (χ0) is 18.2. The molecule has 0 atom stereocenters. The molecule has 0 amide bonds. The Labute approximate surface area is 146 Å². The number of benzene rings is 2. The maximum absolute atomic E-state index is 12.6. The van der Waals surface area contributed by atoms with E-state index in [4.69, 9.17) is 0 Å². The van der Waals surface area contributed by atoms with E-state index in [0.717, 1.165) is 5.56 Å². The lowest BCUT2D eigenvalue weighted by Gasteiger charge is -2.12. The minimum atomic E-state index is -3.78. The van der Waals surface area contributed by atoms with Crippen LogP contribution in [-0.4, -0.2) is 17.8 Å². The van der Waals surface area contributed by atoms with Gasteiger partial charge in [0.25, 0.3) is 15.6 Å². The molecule has 0 bridgehead atoms. The summed E-state index contributed by atoms with van der Waals surface area (Å²) in [5.74, 6) is 0.245. The zero-order valence-corrected chi connectivity index (χ0v) is 15.0. The molecule has 0 unspecified atom stereocenters. The molecule has 3 rings (SSSR count). The first kappa shape index (κ1) is 17.0. The van der Waals surface area contributed by atoms with Gasteiger partial charge >= 0.3 is 0 Å². The Morgan fingerprint density at radius 1 is 0.920 bits per heavy atom. The molecule has 0 aliphatic heterocycles. The highest BCUT2D eigenvalue weighted by Gasteiger charge is 2.21. The number of sulfonamides is 1. The Kier molecular flexibility index (Phi) is 4.26. The molecule has 7 heteroatoms. The van der Waals surface area contributed by atoms with Crippen LogP contribution in [0.15, 0.2) is 64.3 Å². The van der Waals surface area contributed by atoms with E-state index in [2.05, 4.69) is 4.72 Å². The molecule has 1 heterocycles. The van der Waals surface area contributed by atoms with Crippen molar-refractivity contribution in [1.82, 2.24) is 9.36 Å². The lowest BCUT2D eigenvalue weighted by molar-refractivity contribution is 0.598. The second-order valence-corrected chi connectivity index (χ2v) is 7.55. The van der Waals surface area contributed by atoms with Crippen LogP contribution in [0.25, 0.3) is 5.69 Å². The standard InChI is InChI=1S/C18H19N3O3S/c1-13-9-11-16(12-10-13)25(23,24)19-17-14(2)18(22)21(20(17)3)15-7-5-4-6-8-15/h4-12,19H,1-3H3. The van der Waals surface area contributed by atoms with Crippen LogP contribution in [0.3, 0.4) is 0 Å². The molecule has 1 aromatic heterocycles. The molecular formula is C18H19N3O3S. The van der Waals surface area contributed by atoms with Crippen LogP contribution in [0.4, 0.5) is 5.82 Å². The summed E-state index contributed by atoms with van der Waals surface area (Å²) in [5.41, 5.74) is 1.70. The second kappa shape index (κ2) is 6.25. The van der Waals surface area contributed by atoms with Crippen molar-refractivity contribution in [1.29, 1.82) is 0 Å². The van der Waals surface area contributed by atoms with Crippen LogP contribution in [0.2, 0.25) is 0 Å². The number of hydrogen-bond acceptors (Lipinski definition) is 3. The summed E-state index contributed by atoms with van der Waals surface area (Å²) in [6.07, 6.45) is 0. The van der Waals surface area contributed by atoms with Crippen molar-refractivity contribution in [3.05, 3.63) is 76.1 Å². The fraction of sp³-hybridized carbons (Fsp3) is 0.167. The number of nitrogens with zero attached hydrogens (tertiary/aromatic N) is 2. The van der Waals surface area contributed by atoms with E-state index in [0.29, 0.717) is 11.3 Å². The minimum Gasteiger partial charge on any atom is -0.267 e. The van der Waals surface area contributed by atoms with Gasteiger partial charge in [-0.2, -0.15) is 0 Å². The Balaban J connectivity index is 2.07. The first-order valence-electron chi connectivity index (χ1n) is 7.75. The average Bonchev–Trinajstić information content (AvgIpc) is 2.79. The lowest BCUT2D eigenvalue weighted by Crippen LogP contribution is -2.20. The van der Waals surface area contributed by atoms with Gasteiger partial charge in [0.15, 0.2) is 0 Å². The lowest BCUT2D eigenvalue weighted by atomic mass is 10.2. The number of aryl methyl sites for hydroxylation is 1. The van der Waals surface area contributed by atoms with Crippen molar-refractivity contribution < 1.29 is 8.42 Å². The molecule has 0 spiro atoms. The van der Waals surface area contributed by atoms with Gasteiger partial charge in [-0.25, -0.2) is 13.1 Å². The van der Waals surface area contributed by atoms with Crippen molar-refractivity contribution in [3.63, 3.8) is 0 Å². The van der Waals surface area contributed by atoms with Gasteiger partial charge in [-0.1, -0.05) is 35.9 Å². The van der Waals surface area contributed by atoms with Gasteiger partial charge in [0.2, 0.25) is 0 Å². The van der Waals surface area contributed by atoms with Gasteiger partial charge in [-0.15, -0.1) is 0 Å². The van der Waals surface area contributed by atoms with Crippen LogP contribution in [0.1, 0.15) is 11.1 Å². The van der Waals surface area contributed by atoms with Crippen LogP contribution in [0, 0.1) is 13.8 Å². The number of aromatic nitrogens is 2. The SMILES string of the molecule is Cc1ccc(S(=O)(=O)Nc2c(C)c(=O)n(-c3ccccc3)n2C)cc1. The van der Waals surface area contributed by atoms with Crippen molar-refractivity contribution in [3.8, 4) is 5.69 Å². The fourth-order valence-electron chi connectivity index (χ4n) is 2.64. The first-order valence-corrected chi connectivity index (χ1v) is 9.23. The molecule has 0 saturated heterocycles. The van der Waals surface area contributed by atoms with Gasteiger partial charge in [0, 0.05) is 7.05 Å². The van der Waals surface area contributed by atoms with Crippen molar-refractivity contribution in [2.75, 3.05) is 4.72 Å². The maximum Gasteiger partial charge on any atom is 0.276 e. The Morgan fingerprint density at radius 3 is 2.12 bits per heavy atom. The molecule has 1 N–H and O–H groups in total. The first-order chi connectivity index (χ1) is 11.8. The van der Waals surface area contributed by atoms with Crippen molar-refractivity contribution in [2.24, 2.45) is 7.05 Å². The monoisotopic (exact) mass is 357 g/mol. The summed E-state index contributed by atoms with van der Waals surface area (Å²) in [7, 11) is -2.14. The molecular weight excluding hydrogens is 338 g/mol. The summed E-state index contributed by atoms with van der Waals surface area (Å²) >= 11 is 0. The molecule has 0 saturated carbocycles. The largest absolute Gasteiger partial charge is 0.276 e. The van der Waals surface area contributed by atoms with Crippen LogP contribution in [-0.2, 0) is 17.1 Å². The smallest absolute Gasteiger partial charge is 0.267 e. The average molecular weight is 357 g/mol. The van der Waals surface area contributed by atoms with E-state index in [-0.39, 0.29) is 16.3 Å². The molecule has 6 nitrogen and oxygen atoms in total. The van der Waals surface area contributed by atoms with Gasteiger partial charge < -0.3 is 0 Å². The van der Waals surface area contributed by atoms with E-state index in [9.17, 15) is 13.2 Å². The summed E-state index contributed by atoms with van der Waals surface area (Å²) in [5, 5.41) is 0. The maximum atomic E-state index is 12.6. The summed E-state index contributed by atoms with van der Waals surface area (Å²) in [6.45, 7) is 3.49. The normalized spacial score (nSPS) is 11.5. The predicted octanol–water partition coefficient (Wildman–Crippen LogP) is 2.59. The Bertz CT molecular complexity index is 1060. The third-order valence-electron chi connectivity index (χ3n) is 4.06. The van der Waals surface area contributed by atoms with Crippen LogP contribution >= 0.6 is 0 Å². The molecule has 25 heavy (non-hydrogen) atoms. The summed E-state index contributed by atoms with van der Waals surface area (Å²) in [6, 6.07) is 15.6. The van der Waals surface area contributed by atoms with Gasteiger partial charge in [0.1, 0.15) is 5.82 Å². The molecule has 2 aromatic carbocycles. The second-order valence-electron chi connectivity index (χ2n) is 5.87. The quantitative estimate of drug-likeness (QED) is 0.780. The minimum absolute atomic E-state index is 0.150. The van der Waals surface area contributed by atoms with Gasteiger partial charge in [0.05, 0.1) is 16.1 Å². The fourth-order valence-corrected chi connectivity index (χ4v) is 3.80. The summed E-state index contributed by atoms with van der Waals surface area (Å²) < 4.78 is 30.8. The van der Waals surface area contributed by atoms with E-state index < -0.39 is 10.0 Å². The Morgan fingerprint density at radius 2 is 1.52 bits per heavy atom. The van der Waals surface area contributed by atoms with Crippen molar-refractivity contribution >= 4 is 15.8 Å². The third-order valence-corrected chi connectivity index (χ3v) is 5.41. The highest BCUT2D eigenvalue weighted by molar-refractivity contribution is 7.92. The highest BCUT2D eigenvalue weighted by Crippen LogP contribution is 2.20. The van der Waals surface area contributed by atoms with E-state index >= 15 is 0 Å². The van der Waals surface area contributed by atoms with Gasteiger partial charge in [-0.3, -0.25) is 14.2 Å². The van der Waals surface area contributed by atoms with Crippen LogP contribution in [0.5, 0.6) is 0 Å². The number of anilines is 1. The number of nitrogens with one attached hydrogen (secondary N) is 1. The van der Waals surface area contributed by atoms with Gasteiger partial charge in [-0.05, 0) is 38.1 Å². The topological polar surface area (TPSA) is 73.1 Å². The molecule has 0 aliphatic carbocycles. The molecule has 130 valence electrons. The Hall–Kier alpha value is -2.80. The molecule has 0 radical (unpaired) electrons. The van der Waals surface area contributed by atoms with E-state index in [1.807, 2.05) is 25.1 Å². The van der Waals surface area contributed by atoms with Crippen molar-refractivity contribution in [2.45, 2.75) is 18.7 Å². The molecule has 3 aromatic rings.